The number of hydrogen-bond acceptors (Lipinski definition) is 4. The first-order valence-electron chi connectivity index (χ1n) is 10.4. The highest BCUT2D eigenvalue weighted by atomic mass is 16.5. The Labute approximate surface area is 173 Å². The molecule has 2 aromatic carbocycles. The van der Waals surface area contributed by atoms with Crippen molar-refractivity contribution in [3.8, 4) is 5.75 Å². The lowest BCUT2D eigenvalue weighted by atomic mass is 9.89. The molecule has 0 aromatic heterocycles. The van der Waals surface area contributed by atoms with Crippen molar-refractivity contribution < 1.29 is 14.3 Å². The maximum absolute atomic E-state index is 12.9. The Balaban J connectivity index is 1.45. The number of hydrogen-bond donors (Lipinski definition) is 1. The third kappa shape index (κ3) is 4.80. The first kappa shape index (κ1) is 19.9. The van der Waals surface area contributed by atoms with E-state index < -0.39 is 0 Å². The van der Waals surface area contributed by atoms with Crippen LogP contribution in [0.1, 0.15) is 53.4 Å². The average Bonchev–Trinajstić information content (AvgIpc) is 2.68. The fourth-order valence-corrected chi connectivity index (χ4v) is 4.11. The number of aryl methyl sites for hydroxylation is 1. The van der Waals surface area contributed by atoms with E-state index in [4.69, 9.17) is 9.47 Å². The van der Waals surface area contributed by atoms with Gasteiger partial charge in [0.05, 0.1) is 19.3 Å². The summed E-state index contributed by atoms with van der Waals surface area (Å²) in [5.41, 5.74) is 3.79. The number of nitrogens with one attached hydrogen (secondary N) is 1. The van der Waals surface area contributed by atoms with Gasteiger partial charge in [-0.05, 0) is 50.1 Å². The van der Waals surface area contributed by atoms with Gasteiger partial charge >= 0.3 is 0 Å². The molecule has 2 aromatic rings. The highest BCUT2D eigenvalue weighted by Crippen LogP contribution is 2.40. The number of amides is 1. The molecule has 2 aliphatic heterocycles. The molecule has 0 spiro atoms. The molecule has 0 radical (unpaired) electrons. The van der Waals surface area contributed by atoms with Gasteiger partial charge in [0.25, 0.3) is 5.91 Å². The van der Waals surface area contributed by atoms with E-state index >= 15 is 0 Å². The van der Waals surface area contributed by atoms with E-state index in [0.717, 1.165) is 56.1 Å². The standard InChI is InChI=1S/C24H30N2O3/c1-17-4-9-20-21(15-24(2,3)29-22(20)14-17)25-23(27)19-7-5-18(6-8-19)16-26-10-12-28-13-11-26/h4-9,14,21H,10-13,15-16H2,1-3H3,(H,25,27)/t21-/m0/s1. The van der Waals surface area contributed by atoms with Gasteiger partial charge in [0, 0.05) is 37.2 Å². The molecule has 5 nitrogen and oxygen atoms in total. The molecule has 29 heavy (non-hydrogen) atoms. The van der Waals surface area contributed by atoms with Crippen LogP contribution in [0.3, 0.4) is 0 Å². The average molecular weight is 395 g/mol. The van der Waals surface area contributed by atoms with Crippen LogP contribution in [0.5, 0.6) is 5.75 Å². The van der Waals surface area contributed by atoms with Crippen LogP contribution in [0, 0.1) is 6.92 Å². The topological polar surface area (TPSA) is 50.8 Å². The molecular formula is C24H30N2O3. The Morgan fingerprint density at radius 2 is 1.86 bits per heavy atom. The number of fused-ring (bicyclic) bond motifs is 1. The van der Waals surface area contributed by atoms with E-state index in [-0.39, 0.29) is 17.6 Å². The minimum Gasteiger partial charge on any atom is -0.487 e. The second kappa shape index (κ2) is 8.17. The molecule has 2 aliphatic rings. The summed E-state index contributed by atoms with van der Waals surface area (Å²) in [6, 6.07) is 14.1. The van der Waals surface area contributed by atoms with Crippen LogP contribution in [0.4, 0.5) is 0 Å². The first-order valence-corrected chi connectivity index (χ1v) is 10.4. The van der Waals surface area contributed by atoms with Gasteiger partial charge in [0.1, 0.15) is 11.4 Å². The molecule has 0 unspecified atom stereocenters. The number of ether oxygens (including phenoxy) is 2. The second-order valence-corrected chi connectivity index (χ2v) is 8.72. The number of carbonyl (C=O) groups excluding carboxylic acids is 1. The summed E-state index contributed by atoms with van der Waals surface area (Å²) in [5, 5.41) is 3.22. The Morgan fingerprint density at radius 3 is 2.59 bits per heavy atom. The molecule has 0 saturated carbocycles. The summed E-state index contributed by atoms with van der Waals surface area (Å²) >= 11 is 0. The minimum absolute atomic E-state index is 0.0443. The summed E-state index contributed by atoms with van der Waals surface area (Å²) in [4.78, 5) is 15.3. The van der Waals surface area contributed by atoms with Crippen molar-refractivity contribution >= 4 is 5.91 Å². The minimum atomic E-state index is -0.319. The van der Waals surface area contributed by atoms with Gasteiger partial charge in [-0.2, -0.15) is 0 Å². The van der Waals surface area contributed by atoms with E-state index in [0.29, 0.717) is 5.56 Å². The van der Waals surface area contributed by atoms with Gasteiger partial charge in [-0.15, -0.1) is 0 Å². The van der Waals surface area contributed by atoms with Gasteiger partial charge in [-0.3, -0.25) is 9.69 Å². The lowest BCUT2D eigenvalue weighted by molar-refractivity contribution is 0.0342. The number of rotatable bonds is 4. The van der Waals surface area contributed by atoms with E-state index in [1.165, 1.54) is 5.56 Å². The molecule has 0 bridgehead atoms. The fraction of sp³-hybridized carbons (Fsp3) is 0.458. The Morgan fingerprint density at radius 1 is 1.14 bits per heavy atom. The van der Waals surface area contributed by atoms with Gasteiger partial charge in [-0.25, -0.2) is 0 Å². The molecular weight excluding hydrogens is 364 g/mol. The van der Waals surface area contributed by atoms with Crippen molar-refractivity contribution in [2.75, 3.05) is 26.3 Å². The van der Waals surface area contributed by atoms with Crippen LogP contribution in [0.15, 0.2) is 42.5 Å². The van der Waals surface area contributed by atoms with Crippen LogP contribution in [-0.4, -0.2) is 42.7 Å². The Kier molecular flexibility index (Phi) is 5.61. The molecule has 0 aliphatic carbocycles. The molecule has 1 saturated heterocycles. The van der Waals surface area contributed by atoms with Gasteiger partial charge in [-0.1, -0.05) is 24.3 Å². The van der Waals surface area contributed by atoms with E-state index in [1.807, 2.05) is 12.1 Å². The van der Waals surface area contributed by atoms with Gasteiger partial charge in [0.2, 0.25) is 0 Å². The third-order valence-corrected chi connectivity index (χ3v) is 5.66. The smallest absolute Gasteiger partial charge is 0.251 e. The summed E-state index contributed by atoms with van der Waals surface area (Å²) in [5.74, 6) is 0.824. The first-order chi connectivity index (χ1) is 13.9. The lowest BCUT2D eigenvalue weighted by Crippen LogP contribution is -2.41. The van der Waals surface area contributed by atoms with Crippen LogP contribution in [0.2, 0.25) is 0 Å². The van der Waals surface area contributed by atoms with Crippen LogP contribution >= 0.6 is 0 Å². The summed E-state index contributed by atoms with van der Waals surface area (Å²) in [6.45, 7) is 10.6. The molecule has 5 heteroatoms. The number of morpholine rings is 1. The molecule has 1 amide bonds. The van der Waals surface area contributed by atoms with Crippen LogP contribution in [0.25, 0.3) is 0 Å². The summed E-state index contributed by atoms with van der Waals surface area (Å²) < 4.78 is 11.5. The molecule has 2 heterocycles. The monoisotopic (exact) mass is 394 g/mol. The van der Waals surface area contributed by atoms with Crippen molar-refractivity contribution in [2.24, 2.45) is 0 Å². The van der Waals surface area contributed by atoms with E-state index in [9.17, 15) is 4.79 Å². The highest BCUT2D eigenvalue weighted by Gasteiger charge is 2.34. The summed E-state index contributed by atoms with van der Waals surface area (Å²) in [6.07, 6.45) is 0.740. The van der Waals surface area contributed by atoms with Gasteiger partial charge in [0.15, 0.2) is 0 Å². The number of carbonyl (C=O) groups is 1. The maximum Gasteiger partial charge on any atom is 0.251 e. The molecule has 1 atom stereocenters. The van der Waals surface area contributed by atoms with E-state index in [2.05, 4.69) is 61.3 Å². The van der Waals surface area contributed by atoms with Crippen LogP contribution < -0.4 is 10.1 Å². The SMILES string of the molecule is Cc1ccc2c(c1)OC(C)(C)C[C@@H]2NC(=O)c1ccc(CN2CCOCC2)cc1. The summed E-state index contributed by atoms with van der Waals surface area (Å²) in [7, 11) is 0. The Hall–Kier alpha value is -2.37. The fourth-order valence-electron chi connectivity index (χ4n) is 4.11. The largest absolute Gasteiger partial charge is 0.487 e. The highest BCUT2D eigenvalue weighted by molar-refractivity contribution is 5.94. The Bertz CT molecular complexity index is 870. The maximum atomic E-state index is 12.9. The zero-order valence-corrected chi connectivity index (χ0v) is 17.5. The zero-order chi connectivity index (χ0) is 20.4. The predicted molar refractivity (Wildman–Crippen MR) is 113 cm³/mol. The second-order valence-electron chi connectivity index (χ2n) is 8.72. The molecule has 4 rings (SSSR count). The number of benzene rings is 2. The quantitative estimate of drug-likeness (QED) is 0.856. The van der Waals surface area contributed by atoms with Gasteiger partial charge < -0.3 is 14.8 Å². The zero-order valence-electron chi connectivity index (χ0n) is 17.5. The number of nitrogens with zero attached hydrogens (tertiary/aromatic N) is 1. The normalized spacial score (nSPS) is 21.1. The van der Waals surface area contributed by atoms with Crippen molar-refractivity contribution in [3.63, 3.8) is 0 Å². The van der Waals surface area contributed by atoms with Crippen molar-refractivity contribution in [1.29, 1.82) is 0 Å². The van der Waals surface area contributed by atoms with Crippen LogP contribution in [-0.2, 0) is 11.3 Å². The van der Waals surface area contributed by atoms with Crippen molar-refractivity contribution in [3.05, 3.63) is 64.7 Å². The molecule has 154 valence electrons. The third-order valence-electron chi connectivity index (χ3n) is 5.66. The van der Waals surface area contributed by atoms with E-state index in [1.54, 1.807) is 0 Å². The predicted octanol–water partition coefficient (Wildman–Crippen LogP) is 3.86. The molecule has 1 fully saturated rings. The van der Waals surface area contributed by atoms with Crippen molar-refractivity contribution in [1.82, 2.24) is 10.2 Å². The lowest BCUT2D eigenvalue weighted by Gasteiger charge is -2.38. The van der Waals surface area contributed by atoms with Crippen molar-refractivity contribution in [2.45, 2.75) is 45.4 Å². The molecule has 1 N–H and O–H groups in total.